The van der Waals surface area contributed by atoms with Gasteiger partial charge in [0, 0.05) is 41.4 Å². The maximum Gasteiger partial charge on any atom is 0.273 e. The fourth-order valence-corrected chi connectivity index (χ4v) is 3.97. The number of benzene rings is 3. The van der Waals surface area contributed by atoms with E-state index in [-0.39, 0.29) is 11.2 Å². The van der Waals surface area contributed by atoms with E-state index in [4.69, 9.17) is 9.72 Å². The number of hydrogen-bond donors (Lipinski definition) is 1. The molecule has 0 unspecified atom stereocenters. The monoisotopic (exact) mass is 452 g/mol. The number of H-pyrrole nitrogens is 1. The third-order valence-corrected chi connectivity index (χ3v) is 5.67. The van der Waals surface area contributed by atoms with Crippen LogP contribution < -0.4 is 10.3 Å². The van der Waals surface area contributed by atoms with Crippen molar-refractivity contribution in [3.05, 3.63) is 117 Å². The normalized spacial score (nSPS) is 11.0. The average Bonchev–Trinajstić information content (AvgIpc) is 3.23. The van der Waals surface area contributed by atoms with E-state index in [0.29, 0.717) is 23.3 Å². The molecule has 5 rings (SSSR count). The van der Waals surface area contributed by atoms with Crippen molar-refractivity contribution in [2.24, 2.45) is 0 Å². The minimum atomic E-state index is -0.458. The number of rotatable bonds is 6. The molecule has 8 nitrogen and oxygen atoms in total. The molecule has 0 amide bonds. The zero-order valence-corrected chi connectivity index (χ0v) is 18.3. The molecule has 1 N–H and O–H groups in total. The molecule has 2 aromatic heterocycles. The molecule has 0 atom stereocenters. The first-order chi connectivity index (χ1) is 16.5. The molecule has 0 aliphatic rings. The third kappa shape index (κ3) is 3.93. The van der Waals surface area contributed by atoms with Crippen molar-refractivity contribution in [2.45, 2.75) is 6.42 Å². The lowest BCUT2D eigenvalue weighted by atomic mass is 10.0. The molecule has 34 heavy (non-hydrogen) atoms. The van der Waals surface area contributed by atoms with Crippen molar-refractivity contribution in [1.82, 2.24) is 14.6 Å². The Kier molecular flexibility index (Phi) is 5.39. The Morgan fingerprint density at radius 2 is 1.68 bits per heavy atom. The standard InChI is InChI=1S/C26H20N4O4/c1-34-21-13-7-17(8-14-21)15-23-25(19-5-3-2-4-6-19)26-27-22(16-24(31)29(26)28-23)18-9-11-20(12-10-18)30(32)33/h2-14,16,28H,15H2,1H3. The van der Waals surface area contributed by atoms with Gasteiger partial charge in [0.2, 0.25) is 0 Å². The number of aromatic nitrogens is 3. The number of methoxy groups -OCH3 is 1. The number of ether oxygens (including phenoxy) is 1. The number of aromatic amines is 1. The number of non-ortho nitro benzene ring substituents is 1. The Labute approximate surface area is 194 Å². The maximum absolute atomic E-state index is 13.0. The van der Waals surface area contributed by atoms with E-state index in [1.54, 1.807) is 19.2 Å². The zero-order chi connectivity index (χ0) is 23.7. The molecule has 168 valence electrons. The minimum Gasteiger partial charge on any atom is -0.497 e. The smallest absolute Gasteiger partial charge is 0.273 e. The Balaban J connectivity index is 1.67. The molecular weight excluding hydrogens is 432 g/mol. The van der Waals surface area contributed by atoms with E-state index in [9.17, 15) is 14.9 Å². The largest absolute Gasteiger partial charge is 0.497 e. The molecule has 0 aliphatic heterocycles. The Hall–Kier alpha value is -4.72. The van der Waals surface area contributed by atoms with Crippen LogP contribution in [0.5, 0.6) is 5.75 Å². The topological polar surface area (TPSA) is 103 Å². The number of nitrogens with zero attached hydrogens (tertiary/aromatic N) is 3. The minimum absolute atomic E-state index is 0.0186. The Morgan fingerprint density at radius 3 is 2.32 bits per heavy atom. The van der Waals surface area contributed by atoms with Crippen molar-refractivity contribution in [2.75, 3.05) is 7.11 Å². The summed E-state index contributed by atoms with van der Waals surface area (Å²) >= 11 is 0. The highest BCUT2D eigenvalue weighted by atomic mass is 16.6. The highest BCUT2D eigenvalue weighted by Gasteiger charge is 2.18. The summed E-state index contributed by atoms with van der Waals surface area (Å²) in [4.78, 5) is 28.4. The Morgan fingerprint density at radius 1 is 0.971 bits per heavy atom. The van der Waals surface area contributed by atoms with Crippen molar-refractivity contribution < 1.29 is 9.66 Å². The second-order valence-corrected chi connectivity index (χ2v) is 7.80. The van der Waals surface area contributed by atoms with E-state index >= 15 is 0 Å². The van der Waals surface area contributed by atoms with Gasteiger partial charge in [0.1, 0.15) is 5.75 Å². The molecule has 0 saturated heterocycles. The summed E-state index contributed by atoms with van der Waals surface area (Å²) in [6.07, 6.45) is 0.559. The van der Waals surface area contributed by atoms with Crippen molar-refractivity contribution in [1.29, 1.82) is 0 Å². The van der Waals surface area contributed by atoms with Gasteiger partial charge in [0.15, 0.2) is 5.65 Å². The summed E-state index contributed by atoms with van der Waals surface area (Å²) in [6.45, 7) is 0. The molecule has 5 aromatic rings. The molecule has 0 radical (unpaired) electrons. The third-order valence-electron chi connectivity index (χ3n) is 5.67. The van der Waals surface area contributed by atoms with E-state index in [0.717, 1.165) is 28.1 Å². The molecule has 0 aliphatic carbocycles. The summed E-state index contributed by atoms with van der Waals surface area (Å²) < 4.78 is 6.69. The number of nitro groups is 1. The first kappa shape index (κ1) is 21.1. The number of nitrogens with one attached hydrogen (secondary N) is 1. The van der Waals surface area contributed by atoms with Crippen molar-refractivity contribution in [3.8, 4) is 28.1 Å². The molecule has 0 saturated carbocycles. The predicted molar refractivity (Wildman–Crippen MR) is 129 cm³/mol. The van der Waals surface area contributed by atoms with Crippen LogP contribution in [0.4, 0.5) is 5.69 Å². The van der Waals surface area contributed by atoms with Crippen LogP contribution in [0.3, 0.4) is 0 Å². The quantitative estimate of drug-likeness (QED) is 0.293. The first-order valence-corrected chi connectivity index (χ1v) is 10.6. The lowest BCUT2D eigenvalue weighted by molar-refractivity contribution is -0.384. The van der Waals surface area contributed by atoms with E-state index in [1.807, 2.05) is 54.6 Å². The number of nitro benzene ring substituents is 1. The molecular formula is C26H20N4O4. The molecule has 0 bridgehead atoms. The van der Waals surface area contributed by atoms with Crippen LogP contribution >= 0.6 is 0 Å². The lowest BCUT2D eigenvalue weighted by Gasteiger charge is -2.06. The van der Waals surface area contributed by atoms with Gasteiger partial charge >= 0.3 is 0 Å². The number of hydrogen-bond acceptors (Lipinski definition) is 5. The molecule has 0 spiro atoms. The predicted octanol–water partition coefficient (Wildman–Crippen LogP) is 4.86. The van der Waals surface area contributed by atoms with Gasteiger partial charge in [0.05, 0.1) is 17.7 Å². The van der Waals surface area contributed by atoms with Gasteiger partial charge in [-0.05, 0) is 35.4 Å². The highest BCUT2D eigenvalue weighted by Crippen LogP contribution is 2.30. The van der Waals surface area contributed by atoms with Gasteiger partial charge in [-0.2, -0.15) is 0 Å². The molecule has 3 aromatic carbocycles. The van der Waals surface area contributed by atoms with Gasteiger partial charge in [-0.15, -0.1) is 0 Å². The fourth-order valence-electron chi connectivity index (χ4n) is 3.97. The Bertz CT molecular complexity index is 1540. The average molecular weight is 452 g/mol. The van der Waals surface area contributed by atoms with Gasteiger partial charge < -0.3 is 4.74 Å². The van der Waals surface area contributed by atoms with Crippen LogP contribution in [0.15, 0.2) is 89.7 Å². The number of fused-ring (bicyclic) bond motifs is 1. The van der Waals surface area contributed by atoms with Crippen LogP contribution in [0.2, 0.25) is 0 Å². The lowest BCUT2D eigenvalue weighted by Crippen LogP contribution is -2.14. The van der Waals surface area contributed by atoms with Crippen LogP contribution in [0.1, 0.15) is 11.3 Å². The highest BCUT2D eigenvalue weighted by molar-refractivity contribution is 5.81. The summed E-state index contributed by atoms with van der Waals surface area (Å²) in [7, 11) is 1.63. The van der Waals surface area contributed by atoms with Crippen LogP contribution in [-0.4, -0.2) is 26.6 Å². The summed E-state index contributed by atoms with van der Waals surface area (Å²) in [5.74, 6) is 0.773. The van der Waals surface area contributed by atoms with E-state index in [2.05, 4.69) is 5.10 Å². The van der Waals surface area contributed by atoms with Gasteiger partial charge in [-0.25, -0.2) is 9.50 Å². The van der Waals surface area contributed by atoms with E-state index < -0.39 is 4.92 Å². The molecule has 8 heteroatoms. The SMILES string of the molecule is COc1ccc(Cc2[nH]n3c(=O)cc(-c4ccc([N+](=O)[O-])cc4)nc3c2-c2ccccc2)cc1. The summed E-state index contributed by atoms with van der Waals surface area (Å²) in [5.41, 5.74) is 4.95. The van der Waals surface area contributed by atoms with Crippen molar-refractivity contribution in [3.63, 3.8) is 0 Å². The second kappa shape index (κ2) is 8.67. The molecule has 2 heterocycles. The van der Waals surface area contributed by atoms with Crippen LogP contribution in [0.25, 0.3) is 28.0 Å². The molecule has 0 fully saturated rings. The summed E-state index contributed by atoms with van der Waals surface area (Å²) in [5, 5.41) is 14.2. The maximum atomic E-state index is 13.0. The first-order valence-electron chi connectivity index (χ1n) is 10.6. The summed E-state index contributed by atoms with van der Waals surface area (Å²) in [6, 6.07) is 25.0. The van der Waals surface area contributed by atoms with Crippen LogP contribution in [-0.2, 0) is 6.42 Å². The fraction of sp³-hybridized carbons (Fsp3) is 0.0769. The van der Waals surface area contributed by atoms with Gasteiger partial charge in [-0.1, -0.05) is 42.5 Å². The van der Waals surface area contributed by atoms with Crippen LogP contribution in [0, 0.1) is 10.1 Å². The van der Waals surface area contributed by atoms with Gasteiger partial charge in [-0.3, -0.25) is 20.0 Å². The van der Waals surface area contributed by atoms with E-state index in [1.165, 1.54) is 22.7 Å². The zero-order valence-electron chi connectivity index (χ0n) is 18.3. The second-order valence-electron chi connectivity index (χ2n) is 7.80. The van der Waals surface area contributed by atoms with Crippen molar-refractivity contribution >= 4 is 11.3 Å². The van der Waals surface area contributed by atoms with Gasteiger partial charge in [0.25, 0.3) is 11.2 Å².